The molecule has 0 unspecified atom stereocenters. The summed E-state index contributed by atoms with van der Waals surface area (Å²) in [5, 5.41) is 14.6. The number of fused-ring (bicyclic) bond motifs is 1. The van der Waals surface area contributed by atoms with E-state index < -0.39 is 11.0 Å². The lowest BCUT2D eigenvalue weighted by atomic mass is 10.1. The topological polar surface area (TPSA) is 97.5 Å². The van der Waals surface area contributed by atoms with Crippen LogP contribution in [0, 0.1) is 10.1 Å². The molecule has 1 aromatic heterocycles. The Morgan fingerprint density at radius 1 is 1.14 bits per heavy atom. The standard InChI is InChI=1S/C21H18N4O4/c1-2-24-20(26)18(22-21(24)27)11-15-13-23(19-9-4-3-8-17(15)19)12-14-6-5-7-16(10-14)25(28)29/h3-11,13H,2,12H2,1H3,(H,22,27)/b18-11+. The highest BCUT2D eigenvalue weighted by molar-refractivity contribution is 6.14. The summed E-state index contributed by atoms with van der Waals surface area (Å²) in [6.07, 6.45) is 3.55. The van der Waals surface area contributed by atoms with Crippen LogP contribution in [0.15, 0.2) is 60.4 Å². The Morgan fingerprint density at radius 3 is 2.66 bits per heavy atom. The third-order valence-electron chi connectivity index (χ3n) is 4.87. The summed E-state index contributed by atoms with van der Waals surface area (Å²) in [5.74, 6) is -0.354. The number of non-ortho nitro benzene ring substituents is 1. The molecule has 3 amide bonds. The fourth-order valence-electron chi connectivity index (χ4n) is 3.50. The van der Waals surface area contributed by atoms with Crippen LogP contribution in [0.1, 0.15) is 18.1 Å². The van der Waals surface area contributed by atoms with E-state index in [1.165, 1.54) is 6.07 Å². The van der Waals surface area contributed by atoms with Crippen LogP contribution in [0.5, 0.6) is 0 Å². The molecular weight excluding hydrogens is 372 g/mol. The zero-order valence-corrected chi connectivity index (χ0v) is 15.7. The summed E-state index contributed by atoms with van der Waals surface area (Å²) in [6.45, 7) is 2.48. The minimum absolute atomic E-state index is 0.0419. The number of urea groups is 1. The third-order valence-corrected chi connectivity index (χ3v) is 4.87. The van der Waals surface area contributed by atoms with Gasteiger partial charge in [0, 0.05) is 47.9 Å². The minimum atomic E-state index is -0.427. The van der Waals surface area contributed by atoms with Crippen LogP contribution < -0.4 is 5.32 Å². The number of hydrogen-bond donors (Lipinski definition) is 1. The minimum Gasteiger partial charge on any atom is -0.342 e. The maximum absolute atomic E-state index is 12.4. The van der Waals surface area contributed by atoms with Crippen LogP contribution >= 0.6 is 0 Å². The van der Waals surface area contributed by atoms with Gasteiger partial charge in [0.15, 0.2) is 0 Å². The second-order valence-electron chi connectivity index (χ2n) is 6.69. The van der Waals surface area contributed by atoms with Crippen molar-refractivity contribution in [3.8, 4) is 0 Å². The van der Waals surface area contributed by atoms with Crippen molar-refractivity contribution in [3.05, 3.63) is 81.7 Å². The van der Waals surface area contributed by atoms with Gasteiger partial charge < -0.3 is 9.88 Å². The molecule has 0 saturated carbocycles. The summed E-state index contributed by atoms with van der Waals surface area (Å²) in [4.78, 5) is 36.1. The number of rotatable bonds is 5. The number of para-hydroxylation sites is 1. The molecule has 0 atom stereocenters. The average Bonchev–Trinajstić information content (AvgIpc) is 3.19. The molecule has 29 heavy (non-hydrogen) atoms. The van der Waals surface area contributed by atoms with Crippen molar-refractivity contribution in [1.29, 1.82) is 0 Å². The maximum atomic E-state index is 12.4. The Hall–Kier alpha value is -3.94. The van der Waals surface area contributed by atoms with E-state index in [2.05, 4.69) is 5.32 Å². The third kappa shape index (κ3) is 3.36. The summed E-state index contributed by atoms with van der Waals surface area (Å²) in [5.41, 5.74) is 2.78. The summed E-state index contributed by atoms with van der Waals surface area (Å²) in [6, 6.07) is 13.8. The van der Waals surface area contributed by atoms with Gasteiger partial charge in [-0.2, -0.15) is 0 Å². The molecule has 0 spiro atoms. The number of benzene rings is 2. The molecule has 8 nitrogen and oxygen atoms in total. The molecule has 1 aliphatic heterocycles. The Balaban J connectivity index is 1.74. The molecule has 0 radical (unpaired) electrons. The molecule has 3 aromatic rings. The SMILES string of the molecule is CCN1C(=O)N/C(=C/c2cn(Cc3cccc([N+](=O)[O-])c3)c3ccccc23)C1=O. The molecule has 146 valence electrons. The lowest BCUT2D eigenvalue weighted by molar-refractivity contribution is -0.384. The van der Waals surface area contributed by atoms with Crippen LogP contribution in [0.2, 0.25) is 0 Å². The number of aromatic nitrogens is 1. The molecule has 8 heteroatoms. The van der Waals surface area contributed by atoms with Gasteiger partial charge >= 0.3 is 6.03 Å². The quantitative estimate of drug-likeness (QED) is 0.312. The molecule has 4 rings (SSSR count). The van der Waals surface area contributed by atoms with E-state index >= 15 is 0 Å². The number of imide groups is 1. The summed E-state index contributed by atoms with van der Waals surface area (Å²) in [7, 11) is 0. The summed E-state index contributed by atoms with van der Waals surface area (Å²) < 4.78 is 1.97. The number of nitro groups is 1. The lowest BCUT2D eigenvalue weighted by Crippen LogP contribution is -2.30. The van der Waals surface area contributed by atoms with Crippen molar-refractivity contribution < 1.29 is 14.5 Å². The van der Waals surface area contributed by atoms with Crippen LogP contribution in [-0.2, 0) is 11.3 Å². The van der Waals surface area contributed by atoms with Gasteiger partial charge in [-0.3, -0.25) is 19.8 Å². The maximum Gasteiger partial charge on any atom is 0.328 e. The first-order valence-electron chi connectivity index (χ1n) is 9.13. The van der Waals surface area contributed by atoms with Gasteiger partial charge in [0.25, 0.3) is 11.6 Å². The summed E-state index contributed by atoms with van der Waals surface area (Å²) >= 11 is 0. The van der Waals surface area contributed by atoms with Gasteiger partial charge in [0.05, 0.1) is 4.92 Å². The monoisotopic (exact) mass is 390 g/mol. The number of amides is 3. The van der Waals surface area contributed by atoms with Gasteiger partial charge in [0.1, 0.15) is 5.70 Å². The Bertz CT molecular complexity index is 1180. The highest BCUT2D eigenvalue weighted by Gasteiger charge is 2.32. The number of nitro benzene ring substituents is 1. The van der Waals surface area contributed by atoms with Crippen LogP contribution in [0.25, 0.3) is 17.0 Å². The fourth-order valence-corrected chi connectivity index (χ4v) is 3.50. The fraction of sp³-hybridized carbons (Fsp3) is 0.143. The second kappa shape index (κ2) is 7.23. The van der Waals surface area contributed by atoms with Gasteiger partial charge in [-0.15, -0.1) is 0 Å². The Morgan fingerprint density at radius 2 is 1.93 bits per heavy atom. The van der Waals surface area contributed by atoms with Crippen molar-refractivity contribution in [2.24, 2.45) is 0 Å². The van der Waals surface area contributed by atoms with Gasteiger partial charge in [0.2, 0.25) is 0 Å². The van der Waals surface area contributed by atoms with Crippen molar-refractivity contribution in [3.63, 3.8) is 0 Å². The van der Waals surface area contributed by atoms with Crippen molar-refractivity contribution >= 4 is 34.6 Å². The van der Waals surface area contributed by atoms with E-state index in [0.29, 0.717) is 13.1 Å². The van der Waals surface area contributed by atoms with E-state index in [1.54, 1.807) is 25.1 Å². The molecule has 1 saturated heterocycles. The van der Waals surface area contributed by atoms with Crippen molar-refractivity contribution in [2.45, 2.75) is 13.5 Å². The van der Waals surface area contributed by atoms with Gasteiger partial charge in [-0.25, -0.2) is 4.79 Å². The van der Waals surface area contributed by atoms with Crippen LogP contribution in [0.4, 0.5) is 10.5 Å². The number of carbonyl (C=O) groups excluding carboxylic acids is 2. The number of carbonyl (C=O) groups is 2. The highest BCUT2D eigenvalue weighted by Crippen LogP contribution is 2.26. The van der Waals surface area contributed by atoms with E-state index in [0.717, 1.165) is 26.9 Å². The van der Waals surface area contributed by atoms with E-state index in [1.807, 2.05) is 41.1 Å². The van der Waals surface area contributed by atoms with Crippen LogP contribution in [-0.4, -0.2) is 32.9 Å². The zero-order valence-electron chi connectivity index (χ0n) is 15.7. The normalized spacial score (nSPS) is 15.3. The molecular formula is C21H18N4O4. The average molecular weight is 390 g/mol. The van der Waals surface area contributed by atoms with E-state index in [4.69, 9.17) is 0 Å². The number of nitrogens with zero attached hydrogens (tertiary/aromatic N) is 3. The Kier molecular flexibility index (Phi) is 4.59. The molecule has 2 heterocycles. The molecule has 0 aliphatic carbocycles. The van der Waals surface area contributed by atoms with E-state index in [-0.39, 0.29) is 17.3 Å². The largest absolute Gasteiger partial charge is 0.342 e. The van der Waals surface area contributed by atoms with Crippen molar-refractivity contribution in [1.82, 2.24) is 14.8 Å². The molecule has 1 aliphatic rings. The number of hydrogen-bond acceptors (Lipinski definition) is 4. The first kappa shape index (κ1) is 18.4. The predicted molar refractivity (Wildman–Crippen MR) is 108 cm³/mol. The van der Waals surface area contributed by atoms with Crippen LogP contribution in [0.3, 0.4) is 0 Å². The Labute approximate surface area is 166 Å². The van der Waals surface area contributed by atoms with Gasteiger partial charge in [-0.05, 0) is 24.6 Å². The molecule has 2 aromatic carbocycles. The van der Waals surface area contributed by atoms with E-state index in [9.17, 15) is 19.7 Å². The smallest absolute Gasteiger partial charge is 0.328 e. The molecule has 0 bridgehead atoms. The predicted octanol–water partition coefficient (Wildman–Crippen LogP) is 3.51. The molecule has 1 N–H and O–H groups in total. The molecule has 1 fully saturated rings. The number of nitrogens with one attached hydrogen (secondary N) is 1. The zero-order chi connectivity index (χ0) is 20.5. The second-order valence-corrected chi connectivity index (χ2v) is 6.69. The first-order valence-corrected chi connectivity index (χ1v) is 9.13. The van der Waals surface area contributed by atoms with Gasteiger partial charge in [-0.1, -0.05) is 30.3 Å². The van der Waals surface area contributed by atoms with Crippen molar-refractivity contribution in [2.75, 3.05) is 6.54 Å². The first-order chi connectivity index (χ1) is 14.0. The highest BCUT2D eigenvalue weighted by atomic mass is 16.6. The lowest BCUT2D eigenvalue weighted by Gasteiger charge is -2.05. The number of likely N-dealkylation sites (N-methyl/N-ethyl adjacent to an activating group) is 1.